The van der Waals surface area contributed by atoms with Crippen LogP contribution in [0.5, 0.6) is 0 Å². The van der Waals surface area contributed by atoms with Crippen LogP contribution in [0.1, 0.15) is 146 Å². The van der Waals surface area contributed by atoms with Crippen molar-refractivity contribution in [3.63, 3.8) is 0 Å². The fraction of sp³-hybridized carbons (Fsp3) is 0.957. The third kappa shape index (κ3) is 6.57. The quantitative estimate of drug-likeness (QED) is 0.191. The highest BCUT2D eigenvalue weighted by molar-refractivity contribution is 7.91. The Balaban J connectivity index is 1.07. The first kappa shape index (κ1) is 42.9. The molecule has 7 fully saturated rings. The van der Waals surface area contributed by atoms with E-state index in [1.54, 1.807) is 0 Å². The summed E-state index contributed by atoms with van der Waals surface area (Å²) in [7, 11) is -2.98. The van der Waals surface area contributed by atoms with Gasteiger partial charge in [-0.05, 0) is 148 Å². The number of ether oxygens (including phenoxy) is 1. The van der Waals surface area contributed by atoms with Crippen LogP contribution in [0.25, 0.3) is 0 Å². The first-order valence-electron chi connectivity index (χ1n) is 22.8. The number of nitrogens with zero attached hydrogens (tertiary/aromatic N) is 1. The van der Waals surface area contributed by atoms with Crippen molar-refractivity contribution in [3.05, 3.63) is 0 Å². The molecule has 0 aromatic carbocycles. The summed E-state index contributed by atoms with van der Waals surface area (Å²) in [5.74, 6) is 2.20. The second-order valence-corrected chi connectivity index (χ2v) is 25.1. The van der Waals surface area contributed by atoms with E-state index in [9.17, 15) is 28.2 Å². The van der Waals surface area contributed by atoms with Crippen molar-refractivity contribution in [2.75, 3.05) is 31.1 Å². The highest BCUT2D eigenvalue weighted by Gasteiger charge is 2.71. The van der Waals surface area contributed by atoms with Gasteiger partial charge in [0.2, 0.25) is 0 Å². The van der Waals surface area contributed by atoms with Gasteiger partial charge in [-0.25, -0.2) is 8.42 Å². The third-order valence-corrected chi connectivity index (χ3v) is 21.3. The van der Waals surface area contributed by atoms with Gasteiger partial charge in [0, 0.05) is 30.1 Å². The van der Waals surface area contributed by atoms with E-state index >= 15 is 0 Å². The summed E-state index contributed by atoms with van der Waals surface area (Å²) in [5, 5.41) is 24.8. The summed E-state index contributed by atoms with van der Waals surface area (Å²) in [5.41, 5.74) is 0.00279. The molecule has 7 rings (SSSR count). The third-order valence-electron chi connectivity index (χ3n) is 19.7. The summed E-state index contributed by atoms with van der Waals surface area (Å²) in [6.45, 7) is 25.2. The molecule has 6 saturated carbocycles. The Morgan fingerprint density at radius 2 is 1.48 bits per heavy atom. The van der Waals surface area contributed by atoms with Gasteiger partial charge in [0.1, 0.15) is 6.10 Å². The molecule has 1 saturated heterocycles. The van der Waals surface area contributed by atoms with Crippen molar-refractivity contribution < 1.29 is 33.0 Å². The maximum atomic E-state index is 13.6. The van der Waals surface area contributed by atoms with Crippen molar-refractivity contribution in [3.8, 4) is 0 Å². The Morgan fingerprint density at radius 1 is 0.804 bits per heavy atom. The molecule has 1 heterocycles. The predicted octanol–water partition coefficient (Wildman–Crippen LogP) is 7.59. The molecule has 9 nitrogen and oxygen atoms in total. The maximum absolute atomic E-state index is 13.6. The Kier molecular flexibility index (Phi) is 11.1. The van der Waals surface area contributed by atoms with Gasteiger partial charge in [0.05, 0.1) is 29.4 Å². The summed E-state index contributed by atoms with van der Waals surface area (Å²) in [6, 6.07) is -0.0357. The lowest BCUT2D eigenvalue weighted by Gasteiger charge is -2.73. The van der Waals surface area contributed by atoms with Gasteiger partial charge in [0.25, 0.3) is 0 Å². The number of aliphatic carboxylic acids is 1. The van der Waals surface area contributed by atoms with Crippen LogP contribution in [-0.4, -0.2) is 90.4 Å². The molecule has 0 aromatic heterocycles. The molecule has 0 radical (unpaired) electrons. The van der Waals surface area contributed by atoms with Crippen LogP contribution in [-0.2, 0) is 24.2 Å². The van der Waals surface area contributed by atoms with Crippen LogP contribution in [0.3, 0.4) is 0 Å². The van der Waals surface area contributed by atoms with Crippen LogP contribution in [0.4, 0.5) is 0 Å². The van der Waals surface area contributed by atoms with Crippen LogP contribution >= 0.6 is 0 Å². The first-order chi connectivity index (χ1) is 26.0. The number of carbonyl (C=O) groups is 2. The lowest BCUT2D eigenvalue weighted by atomic mass is 9.32. The second-order valence-electron chi connectivity index (χ2n) is 22.8. The van der Waals surface area contributed by atoms with E-state index in [-0.39, 0.29) is 62.7 Å². The zero-order chi connectivity index (χ0) is 41.0. The smallest absolute Gasteiger partial charge is 0.309 e. The van der Waals surface area contributed by atoms with Crippen LogP contribution in [0.2, 0.25) is 0 Å². The zero-order valence-electron chi connectivity index (χ0n) is 36.7. The SMILES string of the molecule is CC(O)C(CCN[C@]12CC[C@@H](C(C)C)[C@@H]1[C@H]1CC[C@@H]3[C@@]4(C)CC[C@H](OC(=O)[C@H]5C[C@@H](C(=O)O)C5(C)C)C(C)(C)[C@@H]4CC[C@@]3(C)[C@]1(C)CC2)N1CCS(=O)(=O)CC1. The fourth-order valence-electron chi connectivity index (χ4n) is 16.1. The molecule has 1 aliphatic heterocycles. The van der Waals surface area contributed by atoms with Crippen LogP contribution in [0, 0.1) is 74.4 Å². The largest absolute Gasteiger partial charge is 0.481 e. The molecule has 0 aromatic rings. The molecule has 10 heteroatoms. The fourth-order valence-corrected chi connectivity index (χ4v) is 17.3. The average molecular weight is 803 g/mol. The number of esters is 1. The monoisotopic (exact) mass is 803 g/mol. The number of carbonyl (C=O) groups excluding carboxylic acids is 1. The van der Waals surface area contributed by atoms with E-state index in [0.717, 1.165) is 32.2 Å². The van der Waals surface area contributed by atoms with E-state index in [0.29, 0.717) is 55.0 Å². The molecule has 14 atom stereocenters. The van der Waals surface area contributed by atoms with Crippen LogP contribution in [0.15, 0.2) is 0 Å². The number of carboxylic acids is 1. The molecule has 0 bridgehead atoms. The van der Waals surface area contributed by atoms with Crippen molar-refractivity contribution in [1.29, 1.82) is 0 Å². The summed E-state index contributed by atoms with van der Waals surface area (Å²) in [6.07, 6.45) is 12.3. The van der Waals surface area contributed by atoms with Crippen molar-refractivity contribution in [2.45, 2.75) is 170 Å². The van der Waals surface area contributed by atoms with Gasteiger partial charge in [-0.2, -0.15) is 0 Å². The first-order valence-corrected chi connectivity index (χ1v) is 24.6. The van der Waals surface area contributed by atoms with Gasteiger partial charge in [-0.1, -0.05) is 62.3 Å². The second kappa shape index (κ2) is 14.5. The van der Waals surface area contributed by atoms with Crippen molar-refractivity contribution in [2.24, 2.45) is 74.4 Å². The minimum atomic E-state index is -2.98. The lowest BCUT2D eigenvalue weighted by Crippen LogP contribution is -2.69. The van der Waals surface area contributed by atoms with Gasteiger partial charge in [0.15, 0.2) is 9.84 Å². The van der Waals surface area contributed by atoms with E-state index < -0.39 is 33.2 Å². The molecule has 56 heavy (non-hydrogen) atoms. The number of aliphatic hydroxyl groups is 1. The minimum absolute atomic E-state index is 0.0357. The molecule has 2 unspecified atom stereocenters. The summed E-state index contributed by atoms with van der Waals surface area (Å²) >= 11 is 0. The standard InChI is InChI=1S/C46H78N2O7S/c1-28(2)30-13-19-46(47-22-16-34(29(3)49)48-23-25-56(53,54)26-24-48)21-20-44(9)31(38(30)46)11-12-36-43(8)17-15-37(42(6,7)35(43)14-18-45(36,44)10)55-40(52)33-27-32(39(50)51)41(33,4)5/h28-38,47,49H,11-27H2,1-10H3,(H,50,51)/t29?,30-,31+,32-,33+,34?,35-,36+,37-,38+,43-,44+,45+,46-/m0/s1. The molecular formula is C46H78N2O7S. The molecule has 3 N–H and O–H groups in total. The maximum Gasteiger partial charge on any atom is 0.309 e. The van der Waals surface area contributed by atoms with Gasteiger partial charge < -0.3 is 20.3 Å². The normalized spacial score (nSPS) is 46.3. The molecule has 0 amide bonds. The Morgan fingerprint density at radius 3 is 2.09 bits per heavy atom. The number of fused-ring (bicyclic) bond motifs is 7. The van der Waals surface area contributed by atoms with E-state index in [2.05, 4.69) is 58.7 Å². The number of nitrogens with one attached hydrogen (secondary N) is 1. The van der Waals surface area contributed by atoms with E-state index in [4.69, 9.17) is 4.74 Å². The highest BCUT2D eigenvalue weighted by atomic mass is 32.2. The van der Waals surface area contributed by atoms with Crippen molar-refractivity contribution in [1.82, 2.24) is 10.2 Å². The minimum Gasteiger partial charge on any atom is -0.481 e. The number of hydrogen-bond acceptors (Lipinski definition) is 8. The molecule has 6 aliphatic carbocycles. The lowest BCUT2D eigenvalue weighted by molar-refractivity contribution is -0.249. The van der Waals surface area contributed by atoms with Crippen LogP contribution < -0.4 is 5.32 Å². The van der Waals surface area contributed by atoms with E-state index in [1.165, 1.54) is 44.9 Å². The topological polar surface area (TPSA) is 133 Å². The van der Waals surface area contributed by atoms with Crippen molar-refractivity contribution >= 4 is 21.8 Å². The summed E-state index contributed by atoms with van der Waals surface area (Å²) in [4.78, 5) is 27.7. The van der Waals surface area contributed by atoms with Gasteiger partial charge in [-0.15, -0.1) is 0 Å². The molecule has 320 valence electrons. The van der Waals surface area contributed by atoms with E-state index in [1.807, 2.05) is 20.8 Å². The summed E-state index contributed by atoms with van der Waals surface area (Å²) < 4.78 is 30.8. The number of carboxylic acid groups (broad SMARTS) is 1. The van der Waals surface area contributed by atoms with Gasteiger partial charge in [-0.3, -0.25) is 14.5 Å². The zero-order valence-corrected chi connectivity index (χ0v) is 37.5. The number of rotatable bonds is 10. The molecule has 7 aliphatic rings. The Hall–Kier alpha value is -1.23. The molecular weight excluding hydrogens is 725 g/mol. The Bertz CT molecular complexity index is 1610. The number of aliphatic hydroxyl groups excluding tert-OH is 1. The average Bonchev–Trinajstić information content (AvgIpc) is 3.48. The predicted molar refractivity (Wildman–Crippen MR) is 221 cm³/mol. The number of hydrogen-bond donors (Lipinski definition) is 3. The van der Waals surface area contributed by atoms with Gasteiger partial charge >= 0.3 is 11.9 Å². The molecule has 0 spiro atoms. The number of sulfone groups is 1. The Labute approximate surface area is 339 Å². The highest BCUT2D eigenvalue weighted by Crippen LogP contribution is 2.76.